The molecule has 0 unspecified atom stereocenters. The fourth-order valence-electron chi connectivity index (χ4n) is 3.14. The fraction of sp³-hybridized carbons (Fsp3) is 0.571. The quantitative estimate of drug-likeness (QED) is 0.861. The van der Waals surface area contributed by atoms with Gasteiger partial charge in [-0.1, -0.05) is 17.7 Å². The van der Waals surface area contributed by atoms with E-state index < -0.39 is 15.9 Å². The van der Waals surface area contributed by atoms with Crippen molar-refractivity contribution in [1.82, 2.24) is 4.90 Å². The lowest BCUT2D eigenvalue weighted by molar-refractivity contribution is 0.0793. The Morgan fingerprint density at radius 2 is 1.86 bits per heavy atom. The SMILES string of the molecule is O=S1(=O)C[C@@H](O)[C@H](N2CCN(c3cccc(Cl)c3)CC2)C1. The van der Waals surface area contributed by atoms with Crippen LogP contribution in [0, 0.1) is 0 Å². The van der Waals surface area contributed by atoms with Gasteiger partial charge in [0.2, 0.25) is 0 Å². The second kappa shape index (κ2) is 5.76. The van der Waals surface area contributed by atoms with Gasteiger partial charge in [-0.05, 0) is 18.2 Å². The van der Waals surface area contributed by atoms with Crippen LogP contribution in [-0.2, 0) is 9.84 Å². The highest BCUT2D eigenvalue weighted by Gasteiger charge is 2.40. The van der Waals surface area contributed by atoms with E-state index in [1.165, 1.54) is 0 Å². The molecule has 5 nitrogen and oxygen atoms in total. The number of rotatable bonds is 2. The Morgan fingerprint density at radius 3 is 2.43 bits per heavy atom. The fourth-order valence-corrected chi connectivity index (χ4v) is 5.16. The largest absolute Gasteiger partial charge is 0.390 e. The first kappa shape index (κ1) is 15.1. The maximum absolute atomic E-state index is 11.6. The van der Waals surface area contributed by atoms with Crippen LogP contribution in [-0.4, -0.2) is 68.3 Å². The number of hydrogen-bond donors (Lipinski definition) is 1. The summed E-state index contributed by atoms with van der Waals surface area (Å²) in [6.07, 6.45) is -0.757. The van der Waals surface area contributed by atoms with Gasteiger partial charge in [-0.15, -0.1) is 0 Å². The molecule has 3 rings (SSSR count). The zero-order chi connectivity index (χ0) is 15.0. The Kier molecular flexibility index (Phi) is 4.14. The van der Waals surface area contributed by atoms with Crippen LogP contribution in [0.3, 0.4) is 0 Å². The zero-order valence-corrected chi connectivity index (χ0v) is 13.2. The van der Waals surface area contributed by atoms with Crippen molar-refractivity contribution >= 4 is 27.1 Å². The van der Waals surface area contributed by atoms with E-state index in [1.807, 2.05) is 24.3 Å². The van der Waals surface area contributed by atoms with Gasteiger partial charge in [-0.25, -0.2) is 8.42 Å². The number of hydrogen-bond acceptors (Lipinski definition) is 5. The first-order chi connectivity index (χ1) is 9.94. The molecule has 0 bridgehead atoms. The van der Waals surface area contributed by atoms with Crippen LogP contribution in [0.5, 0.6) is 0 Å². The summed E-state index contributed by atoms with van der Waals surface area (Å²) >= 11 is 6.01. The van der Waals surface area contributed by atoms with Crippen molar-refractivity contribution in [1.29, 1.82) is 0 Å². The Morgan fingerprint density at radius 1 is 1.14 bits per heavy atom. The zero-order valence-electron chi connectivity index (χ0n) is 11.7. The van der Waals surface area contributed by atoms with Crippen molar-refractivity contribution in [2.24, 2.45) is 0 Å². The smallest absolute Gasteiger partial charge is 0.154 e. The van der Waals surface area contributed by atoms with Gasteiger partial charge in [0.05, 0.1) is 23.7 Å². The number of nitrogens with zero attached hydrogens (tertiary/aromatic N) is 2. The lowest BCUT2D eigenvalue weighted by Gasteiger charge is -2.39. The van der Waals surface area contributed by atoms with Crippen LogP contribution in [0.15, 0.2) is 24.3 Å². The molecule has 7 heteroatoms. The molecule has 0 radical (unpaired) electrons. The minimum atomic E-state index is -3.09. The molecule has 1 N–H and O–H groups in total. The number of aliphatic hydroxyl groups is 1. The maximum Gasteiger partial charge on any atom is 0.154 e. The first-order valence-corrected chi connectivity index (χ1v) is 9.28. The van der Waals surface area contributed by atoms with Crippen LogP contribution < -0.4 is 4.90 Å². The van der Waals surface area contributed by atoms with E-state index in [1.54, 1.807) is 0 Å². The van der Waals surface area contributed by atoms with Gasteiger partial charge in [0.25, 0.3) is 0 Å². The van der Waals surface area contributed by atoms with E-state index >= 15 is 0 Å². The molecule has 0 spiro atoms. The summed E-state index contributed by atoms with van der Waals surface area (Å²) in [5.74, 6) is -0.0303. The lowest BCUT2D eigenvalue weighted by Crippen LogP contribution is -2.53. The Labute approximate surface area is 130 Å². The van der Waals surface area contributed by atoms with Gasteiger partial charge in [0, 0.05) is 36.9 Å². The van der Waals surface area contributed by atoms with Crippen LogP contribution >= 0.6 is 11.6 Å². The van der Waals surface area contributed by atoms with Gasteiger partial charge < -0.3 is 10.0 Å². The van der Waals surface area contributed by atoms with Crippen molar-refractivity contribution in [2.45, 2.75) is 12.1 Å². The number of aliphatic hydroxyl groups excluding tert-OH is 1. The van der Waals surface area contributed by atoms with E-state index in [0.29, 0.717) is 5.02 Å². The molecule has 2 saturated heterocycles. The van der Waals surface area contributed by atoms with E-state index in [2.05, 4.69) is 9.80 Å². The Balaban J connectivity index is 1.63. The van der Waals surface area contributed by atoms with Crippen molar-refractivity contribution in [3.63, 3.8) is 0 Å². The van der Waals surface area contributed by atoms with Gasteiger partial charge >= 0.3 is 0 Å². The summed E-state index contributed by atoms with van der Waals surface area (Å²) in [4.78, 5) is 4.33. The Hall–Kier alpha value is -0.820. The number of benzene rings is 1. The summed E-state index contributed by atoms with van der Waals surface area (Å²) in [5, 5.41) is 10.7. The molecule has 2 aliphatic rings. The lowest BCUT2D eigenvalue weighted by atomic mass is 10.1. The molecule has 0 saturated carbocycles. The number of piperazine rings is 1. The Bertz CT molecular complexity index is 614. The molecule has 1 aromatic rings. The first-order valence-electron chi connectivity index (χ1n) is 7.08. The molecule has 21 heavy (non-hydrogen) atoms. The topological polar surface area (TPSA) is 60.9 Å². The van der Waals surface area contributed by atoms with Gasteiger partial charge in [0.1, 0.15) is 0 Å². The highest BCUT2D eigenvalue weighted by molar-refractivity contribution is 7.91. The van der Waals surface area contributed by atoms with Crippen LogP contribution in [0.25, 0.3) is 0 Å². The molecular weight excluding hydrogens is 312 g/mol. The molecule has 0 aromatic heterocycles. The second-order valence-electron chi connectivity index (χ2n) is 5.71. The number of anilines is 1. The van der Waals surface area contributed by atoms with Crippen molar-refractivity contribution in [2.75, 3.05) is 42.6 Å². The minimum Gasteiger partial charge on any atom is -0.390 e. The molecule has 0 amide bonds. The summed E-state index contributed by atoms with van der Waals surface area (Å²) in [6, 6.07) is 7.48. The third-order valence-corrected chi connectivity index (χ3v) is 6.18. The standard InChI is InChI=1S/C14H19ClN2O3S/c15-11-2-1-3-12(8-11)16-4-6-17(7-5-16)13-9-21(19,20)10-14(13)18/h1-3,8,13-14,18H,4-7,9-10H2/t13-,14-/m1/s1. The van der Waals surface area contributed by atoms with E-state index in [0.717, 1.165) is 31.9 Å². The average Bonchev–Trinajstić information content (AvgIpc) is 2.72. The third-order valence-electron chi connectivity index (χ3n) is 4.25. The molecule has 116 valence electrons. The third kappa shape index (κ3) is 3.34. The van der Waals surface area contributed by atoms with E-state index in [-0.39, 0.29) is 17.5 Å². The van der Waals surface area contributed by atoms with Crippen molar-refractivity contribution < 1.29 is 13.5 Å². The van der Waals surface area contributed by atoms with Crippen molar-refractivity contribution in [3.8, 4) is 0 Å². The predicted molar refractivity (Wildman–Crippen MR) is 83.7 cm³/mol. The second-order valence-corrected chi connectivity index (χ2v) is 8.30. The summed E-state index contributed by atoms with van der Waals surface area (Å²) in [7, 11) is -3.09. The molecule has 2 aliphatic heterocycles. The molecule has 0 aliphatic carbocycles. The highest BCUT2D eigenvalue weighted by atomic mass is 35.5. The number of halogens is 1. The average molecular weight is 331 g/mol. The number of sulfone groups is 1. The molecule has 2 fully saturated rings. The van der Waals surface area contributed by atoms with Crippen LogP contribution in [0.2, 0.25) is 5.02 Å². The van der Waals surface area contributed by atoms with Crippen molar-refractivity contribution in [3.05, 3.63) is 29.3 Å². The summed E-state index contributed by atoms with van der Waals surface area (Å²) in [5.41, 5.74) is 1.08. The molecule has 1 aromatic carbocycles. The molecule has 2 heterocycles. The van der Waals surface area contributed by atoms with Gasteiger partial charge in [-0.2, -0.15) is 0 Å². The molecule has 2 atom stereocenters. The summed E-state index contributed by atoms with van der Waals surface area (Å²) < 4.78 is 23.2. The van der Waals surface area contributed by atoms with Crippen LogP contribution in [0.1, 0.15) is 0 Å². The summed E-state index contributed by atoms with van der Waals surface area (Å²) in [6.45, 7) is 3.13. The minimum absolute atomic E-state index is 0.0747. The van der Waals surface area contributed by atoms with Gasteiger partial charge in [0.15, 0.2) is 9.84 Å². The monoisotopic (exact) mass is 330 g/mol. The highest BCUT2D eigenvalue weighted by Crippen LogP contribution is 2.24. The predicted octanol–water partition coefficient (Wildman–Crippen LogP) is 0.620. The maximum atomic E-state index is 11.6. The normalized spacial score (nSPS) is 29.7. The van der Waals surface area contributed by atoms with Gasteiger partial charge in [-0.3, -0.25) is 4.90 Å². The van der Waals surface area contributed by atoms with E-state index in [9.17, 15) is 13.5 Å². The van der Waals surface area contributed by atoms with E-state index in [4.69, 9.17) is 11.6 Å². The van der Waals surface area contributed by atoms with Crippen LogP contribution in [0.4, 0.5) is 5.69 Å². The molecular formula is C14H19ClN2O3S.